The molecule has 1 unspecified atom stereocenters. The number of carbonyl (C=O) groups excluding carboxylic acids is 3. The fraction of sp³-hybridized carbons (Fsp3) is 0.500. The highest BCUT2D eigenvalue weighted by molar-refractivity contribution is 6.09. The Morgan fingerprint density at radius 3 is 2.52 bits per heavy atom. The summed E-state index contributed by atoms with van der Waals surface area (Å²) in [6, 6.07) is 4.73. The summed E-state index contributed by atoms with van der Waals surface area (Å²) in [5.41, 5.74) is -0.832. The van der Waals surface area contributed by atoms with Crippen molar-refractivity contribution >= 4 is 17.8 Å². The molecule has 0 bridgehead atoms. The second-order valence-electron chi connectivity index (χ2n) is 6.36. The van der Waals surface area contributed by atoms with Crippen molar-refractivity contribution in [1.82, 2.24) is 15.5 Å². The molecule has 7 heteroatoms. The number of amides is 4. The standard InChI is InChI=1S/C18H24FN3O3/c1-3-4-5-6-11-20-15(23)12-22-16(24)18(2,21-17(22)25)13-7-9-14(19)10-8-13/h7-10H,3-6,11-12H2,1-2H3,(H,20,23)(H,21,25). The van der Waals surface area contributed by atoms with Gasteiger partial charge in [0.2, 0.25) is 5.91 Å². The number of unbranched alkanes of at least 4 members (excludes halogenated alkanes) is 3. The van der Waals surface area contributed by atoms with Crippen molar-refractivity contribution in [3.8, 4) is 0 Å². The molecule has 1 saturated heterocycles. The van der Waals surface area contributed by atoms with E-state index in [1.165, 1.54) is 24.3 Å². The number of hydrogen-bond donors (Lipinski definition) is 2. The summed E-state index contributed by atoms with van der Waals surface area (Å²) in [5.74, 6) is -1.32. The topological polar surface area (TPSA) is 78.5 Å². The fourth-order valence-corrected chi connectivity index (χ4v) is 2.80. The van der Waals surface area contributed by atoms with E-state index in [-0.39, 0.29) is 12.5 Å². The Morgan fingerprint density at radius 1 is 1.20 bits per heavy atom. The molecule has 25 heavy (non-hydrogen) atoms. The molecule has 2 rings (SSSR count). The minimum Gasteiger partial charge on any atom is -0.355 e. The lowest BCUT2D eigenvalue weighted by Crippen LogP contribution is -2.43. The summed E-state index contributed by atoms with van der Waals surface area (Å²) in [6.07, 6.45) is 4.12. The quantitative estimate of drug-likeness (QED) is 0.558. The van der Waals surface area contributed by atoms with Crippen molar-refractivity contribution in [2.24, 2.45) is 0 Å². The molecule has 1 aliphatic rings. The molecule has 0 aliphatic carbocycles. The number of benzene rings is 1. The first-order valence-electron chi connectivity index (χ1n) is 8.55. The summed E-state index contributed by atoms with van der Waals surface area (Å²) >= 11 is 0. The summed E-state index contributed by atoms with van der Waals surface area (Å²) in [4.78, 5) is 37.6. The molecular formula is C18H24FN3O3. The summed E-state index contributed by atoms with van der Waals surface area (Å²) in [7, 11) is 0. The van der Waals surface area contributed by atoms with Crippen molar-refractivity contribution in [3.05, 3.63) is 35.6 Å². The van der Waals surface area contributed by atoms with E-state index >= 15 is 0 Å². The van der Waals surface area contributed by atoms with Crippen molar-refractivity contribution in [1.29, 1.82) is 0 Å². The van der Waals surface area contributed by atoms with E-state index in [0.29, 0.717) is 12.1 Å². The molecule has 0 radical (unpaired) electrons. The van der Waals surface area contributed by atoms with Crippen LogP contribution >= 0.6 is 0 Å². The van der Waals surface area contributed by atoms with Crippen LogP contribution < -0.4 is 10.6 Å². The summed E-state index contributed by atoms with van der Waals surface area (Å²) < 4.78 is 13.1. The van der Waals surface area contributed by atoms with Gasteiger partial charge in [-0.15, -0.1) is 0 Å². The van der Waals surface area contributed by atoms with Gasteiger partial charge in [0.1, 0.15) is 17.9 Å². The molecule has 1 aromatic carbocycles. The van der Waals surface area contributed by atoms with Crippen LogP contribution in [0.15, 0.2) is 24.3 Å². The van der Waals surface area contributed by atoms with E-state index in [1.807, 2.05) is 0 Å². The SMILES string of the molecule is CCCCCCNC(=O)CN1C(=O)NC(C)(c2ccc(F)cc2)C1=O. The summed E-state index contributed by atoms with van der Waals surface area (Å²) in [6.45, 7) is 3.85. The highest BCUT2D eigenvalue weighted by atomic mass is 19.1. The van der Waals surface area contributed by atoms with Crippen LogP contribution in [0.25, 0.3) is 0 Å². The zero-order valence-corrected chi connectivity index (χ0v) is 14.6. The molecule has 1 fully saturated rings. The molecule has 1 aromatic rings. The molecule has 1 atom stereocenters. The average molecular weight is 349 g/mol. The predicted octanol–water partition coefficient (Wildman–Crippen LogP) is 2.29. The van der Waals surface area contributed by atoms with Crippen LogP contribution in [-0.2, 0) is 15.1 Å². The number of nitrogens with zero attached hydrogens (tertiary/aromatic N) is 1. The van der Waals surface area contributed by atoms with Crippen molar-refractivity contribution in [2.75, 3.05) is 13.1 Å². The predicted molar refractivity (Wildman–Crippen MR) is 91.1 cm³/mol. The van der Waals surface area contributed by atoms with Gasteiger partial charge in [-0.1, -0.05) is 38.3 Å². The van der Waals surface area contributed by atoms with Crippen LogP contribution in [0.4, 0.5) is 9.18 Å². The number of imide groups is 1. The second kappa shape index (κ2) is 8.09. The smallest absolute Gasteiger partial charge is 0.325 e. The van der Waals surface area contributed by atoms with Crippen LogP contribution in [0.2, 0.25) is 0 Å². The Balaban J connectivity index is 1.96. The highest BCUT2D eigenvalue weighted by Gasteiger charge is 2.49. The van der Waals surface area contributed by atoms with Crippen molar-refractivity contribution in [3.63, 3.8) is 0 Å². The number of hydrogen-bond acceptors (Lipinski definition) is 3. The lowest BCUT2D eigenvalue weighted by Gasteiger charge is -2.22. The van der Waals surface area contributed by atoms with Gasteiger partial charge in [-0.2, -0.15) is 0 Å². The lowest BCUT2D eigenvalue weighted by atomic mass is 9.92. The molecule has 0 aromatic heterocycles. The van der Waals surface area contributed by atoms with Gasteiger partial charge >= 0.3 is 6.03 Å². The molecule has 136 valence electrons. The summed E-state index contributed by atoms with van der Waals surface area (Å²) in [5, 5.41) is 5.31. The molecule has 0 spiro atoms. The van der Waals surface area contributed by atoms with Crippen LogP contribution in [0.5, 0.6) is 0 Å². The van der Waals surface area contributed by atoms with E-state index in [0.717, 1.165) is 30.6 Å². The van der Waals surface area contributed by atoms with Gasteiger partial charge in [-0.25, -0.2) is 9.18 Å². The highest BCUT2D eigenvalue weighted by Crippen LogP contribution is 2.28. The fourth-order valence-electron chi connectivity index (χ4n) is 2.80. The van der Waals surface area contributed by atoms with Gasteiger partial charge in [-0.05, 0) is 31.0 Å². The van der Waals surface area contributed by atoms with Crippen LogP contribution in [0.1, 0.15) is 45.1 Å². The van der Waals surface area contributed by atoms with E-state index in [9.17, 15) is 18.8 Å². The van der Waals surface area contributed by atoms with Gasteiger partial charge in [0.25, 0.3) is 5.91 Å². The number of nitrogens with one attached hydrogen (secondary N) is 2. The maximum Gasteiger partial charge on any atom is 0.325 e. The minimum atomic E-state index is -1.30. The molecule has 1 heterocycles. The molecule has 4 amide bonds. The van der Waals surface area contributed by atoms with Gasteiger partial charge in [0.15, 0.2) is 0 Å². The Kier molecular flexibility index (Phi) is 6.12. The average Bonchev–Trinajstić information content (AvgIpc) is 2.79. The number of halogens is 1. The van der Waals surface area contributed by atoms with E-state index in [1.54, 1.807) is 6.92 Å². The maximum absolute atomic E-state index is 13.1. The molecule has 0 saturated carbocycles. The monoisotopic (exact) mass is 349 g/mol. The van der Waals surface area contributed by atoms with Crippen molar-refractivity contribution in [2.45, 2.75) is 45.1 Å². The molecule has 6 nitrogen and oxygen atoms in total. The van der Waals surface area contributed by atoms with Gasteiger partial charge in [0.05, 0.1) is 0 Å². The largest absolute Gasteiger partial charge is 0.355 e. The first-order chi connectivity index (χ1) is 11.9. The number of carbonyl (C=O) groups is 3. The first kappa shape index (κ1) is 18.9. The second-order valence-corrected chi connectivity index (χ2v) is 6.36. The van der Waals surface area contributed by atoms with Gasteiger partial charge in [-0.3, -0.25) is 14.5 Å². The lowest BCUT2D eigenvalue weighted by molar-refractivity contribution is -0.134. The Morgan fingerprint density at radius 2 is 1.88 bits per heavy atom. The van der Waals surface area contributed by atoms with Gasteiger partial charge in [0, 0.05) is 6.54 Å². The number of rotatable bonds is 8. The molecular weight excluding hydrogens is 325 g/mol. The van der Waals surface area contributed by atoms with E-state index < -0.39 is 23.3 Å². The van der Waals surface area contributed by atoms with Crippen LogP contribution in [-0.4, -0.2) is 35.8 Å². The van der Waals surface area contributed by atoms with Crippen LogP contribution in [0.3, 0.4) is 0 Å². The third-order valence-corrected chi connectivity index (χ3v) is 4.35. The minimum absolute atomic E-state index is 0.324. The first-order valence-corrected chi connectivity index (χ1v) is 8.55. The van der Waals surface area contributed by atoms with Crippen molar-refractivity contribution < 1.29 is 18.8 Å². The van der Waals surface area contributed by atoms with E-state index in [4.69, 9.17) is 0 Å². The third kappa shape index (κ3) is 4.35. The zero-order valence-electron chi connectivity index (χ0n) is 14.6. The Hall–Kier alpha value is -2.44. The Labute approximate surface area is 146 Å². The molecule has 2 N–H and O–H groups in total. The normalized spacial score (nSPS) is 19.9. The number of urea groups is 1. The Bertz CT molecular complexity index is 647. The zero-order chi connectivity index (χ0) is 18.4. The third-order valence-electron chi connectivity index (χ3n) is 4.35. The van der Waals surface area contributed by atoms with E-state index in [2.05, 4.69) is 17.6 Å². The van der Waals surface area contributed by atoms with Crippen LogP contribution in [0, 0.1) is 5.82 Å². The maximum atomic E-state index is 13.1. The molecule has 1 aliphatic heterocycles. The van der Waals surface area contributed by atoms with Gasteiger partial charge < -0.3 is 10.6 Å².